The molecule has 0 radical (unpaired) electrons. The van der Waals surface area contributed by atoms with Gasteiger partial charge in [0, 0.05) is 18.7 Å². The molecule has 3 aromatic rings. The summed E-state index contributed by atoms with van der Waals surface area (Å²) in [7, 11) is 1.81. The summed E-state index contributed by atoms with van der Waals surface area (Å²) >= 11 is 0. The Bertz CT molecular complexity index is 1110. The van der Waals surface area contributed by atoms with E-state index in [9.17, 15) is 9.59 Å². The molecule has 1 aliphatic carbocycles. The van der Waals surface area contributed by atoms with E-state index in [-0.39, 0.29) is 24.0 Å². The predicted molar refractivity (Wildman–Crippen MR) is 116 cm³/mol. The largest absolute Gasteiger partial charge is 0.488 e. The van der Waals surface area contributed by atoms with E-state index in [1.54, 1.807) is 16.7 Å². The van der Waals surface area contributed by atoms with Crippen molar-refractivity contribution in [1.29, 1.82) is 0 Å². The first-order valence-corrected chi connectivity index (χ1v) is 10.2. The van der Waals surface area contributed by atoms with E-state index in [0.717, 1.165) is 12.8 Å². The minimum absolute atomic E-state index is 0.119. The molecule has 2 heterocycles. The van der Waals surface area contributed by atoms with Gasteiger partial charge in [-0.15, -0.1) is 0 Å². The Morgan fingerprint density at radius 1 is 1.17 bits per heavy atom. The molecule has 2 amide bonds. The minimum atomic E-state index is -0.214. The summed E-state index contributed by atoms with van der Waals surface area (Å²) < 4.78 is 7.82. The fourth-order valence-corrected chi connectivity index (χ4v) is 3.40. The van der Waals surface area contributed by atoms with E-state index >= 15 is 0 Å². The van der Waals surface area contributed by atoms with Crippen molar-refractivity contribution in [2.75, 3.05) is 5.32 Å². The van der Waals surface area contributed by atoms with Crippen LogP contribution < -0.4 is 15.4 Å². The highest BCUT2D eigenvalue weighted by atomic mass is 16.5. The molecule has 0 bridgehead atoms. The number of anilines is 1. The molecule has 7 nitrogen and oxygen atoms in total. The van der Waals surface area contributed by atoms with E-state index in [0.29, 0.717) is 39.4 Å². The number of ether oxygens (including phenoxy) is 1. The molecule has 0 saturated heterocycles. The van der Waals surface area contributed by atoms with Crippen molar-refractivity contribution in [3.8, 4) is 5.75 Å². The van der Waals surface area contributed by atoms with Crippen LogP contribution in [-0.4, -0.2) is 33.5 Å². The highest BCUT2D eigenvalue weighted by Gasteiger charge is 2.30. The summed E-state index contributed by atoms with van der Waals surface area (Å²) in [5, 5.41) is 6.66. The fraction of sp³-hybridized carbons (Fsp3) is 0.348. The average molecular weight is 406 g/mol. The Kier molecular flexibility index (Phi) is 5.20. The number of aromatic nitrogens is 2. The van der Waals surface area contributed by atoms with E-state index in [2.05, 4.69) is 15.6 Å². The Morgan fingerprint density at radius 2 is 1.87 bits per heavy atom. The van der Waals surface area contributed by atoms with Crippen LogP contribution in [0.4, 0.5) is 5.69 Å². The van der Waals surface area contributed by atoms with Crippen LogP contribution >= 0.6 is 0 Å². The zero-order valence-electron chi connectivity index (χ0n) is 17.7. The number of pyridine rings is 1. The van der Waals surface area contributed by atoms with Gasteiger partial charge in [-0.1, -0.05) is 18.2 Å². The van der Waals surface area contributed by atoms with Gasteiger partial charge in [-0.25, -0.2) is 4.98 Å². The lowest BCUT2D eigenvalue weighted by Crippen LogP contribution is -2.28. The molecule has 1 saturated carbocycles. The lowest BCUT2D eigenvalue weighted by atomic mass is 10.2. The number of carbonyl (C=O) groups is 2. The second-order valence-corrected chi connectivity index (χ2v) is 7.96. The van der Waals surface area contributed by atoms with Gasteiger partial charge in [0.2, 0.25) is 0 Å². The average Bonchev–Trinajstić information content (AvgIpc) is 3.48. The summed E-state index contributed by atoms with van der Waals surface area (Å²) in [5.41, 5.74) is 2.90. The van der Waals surface area contributed by atoms with Crippen molar-refractivity contribution >= 4 is 28.5 Å². The van der Waals surface area contributed by atoms with Crippen LogP contribution in [0.2, 0.25) is 0 Å². The van der Waals surface area contributed by atoms with Gasteiger partial charge in [0.05, 0.1) is 22.9 Å². The van der Waals surface area contributed by atoms with Crippen LogP contribution in [0.3, 0.4) is 0 Å². The quantitative estimate of drug-likeness (QED) is 0.652. The van der Waals surface area contributed by atoms with Crippen LogP contribution in [-0.2, 0) is 7.05 Å². The molecule has 4 rings (SSSR count). The molecule has 1 fully saturated rings. The van der Waals surface area contributed by atoms with Crippen LogP contribution in [0.1, 0.15) is 53.2 Å². The number of nitrogens with zero attached hydrogens (tertiary/aromatic N) is 2. The molecule has 7 heteroatoms. The number of rotatable bonds is 6. The number of aryl methyl sites for hydroxylation is 2. The Balaban J connectivity index is 1.77. The van der Waals surface area contributed by atoms with E-state index in [1.807, 2.05) is 52.1 Å². The highest BCUT2D eigenvalue weighted by molar-refractivity contribution is 6.07. The molecule has 2 N–H and O–H groups in total. The first kappa shape index (κ1) is 19.9. The van der Waals surface area contributed by atoms with Gasteiger partial charge in [-0.2, -0.15) is 0 Å². The van der Waals surface area contributed by atoms with Gasteiger partial charge in [-0.3, -0.25) is 9.59 Å². The standard InChI is InChI=1S/C23H26N4O3/c1-13(2)30-20-17-12-18(26-22(28)15-8-6-5-7-9-15)14(3)24-21(17)27(4)19(20)23(29)25-16-10-11-16/h5-9,12-13,16H,10-11H2,1-4H3,(H,25,29)(H,26,28). The number of amides is 2. The molecule has 0 aliphatic heterocycles. The first-order valence-electron chi connectivity index (χ1n) is 10.2. The molecule has 0 unspecified atom stereocenters. The van der Waals surface area contributed by atoms with Crippen molar-refractivity contribution < 1.29 is 14.3 Å². The molecule has 0 spiro atoms. The van der Waals surface area contributed by atoms with Crippen LogP contribution in [0.15, 0.2) is 36.4 Å². The molecule has 156 valence electrons. The third-order valence-corrected chi connectivity index (χ3v) is 5.07. The Morgan fingerprint density at radius 3 is 2.50 bits per heavy atom. The molecular weight excluding hydrogens is 380 g/mol. The topological polar surface area (TPSA) is 85.2 Å². The molecule has 30 heavy (non-hydrogen) atoms. The number of hydrogen-bond acceptors (Lipinski definition) is 4. The second-order valence-electron chi connectivity index (χ2n) is 7.96. The maximum absolute atomic E-state index is 12.9. The lowest BCUT2D eigenvalue weighted by Gasteiger charge is -2.12. The number of hydrogen-bond donors (Lipinski definition) is 2. The molecule has 0 atom stereocenters. The zero-order valence-corrected chi connectivity index (χ0v) is 17.7. The van der Waals surface area contributed by atoms with Gasteiger partial charge in [-0.05, 0) is 51.8 Å². The van der Waals surface area contributed by atoms with Gasteiger partial charge in [0.25, 0.3) is 11.8 Å². The van der Waals surface area contributed by atoms with Gasteiger partial charge >= 0.3 is 0 Å². The number of carbonyl (C=O) groups excluding carboxylic acids is 2. The van der Waals surface area contributed by atoms with Crippen molar-refractivity contribution in [3.05, 3.63) is 53.3 Å². The Labute approximate surface area is 175 Å². The number of nitrogens with one attached hydrogen (secondary N) is 2. The van der Waals surface area contributed by atoms with E-state index in [4.69, 9.17) is 4.74 Å². The third kappa shape index (κ3) is 3.87. The molecule has 1 aliphatic rings. The smallest absolute Gasteiger partial charge is 0.272 e. The number of fused-ring (bicyclic) bond motifs is 1. The monoisotopic (exact) mass is 406 g/mol. The van der Waals surface area contributed by atoms with Crippen LogP contribution in [0.25, 0.3) is 11.0 Å². The summed E-state index contributed by atoms with van der Waals surface area (Å²) in [6.07, 6.45) is 1.89. The normalized spacial score (nSPS) is 13.5. The first-order chi connectivity index (χ1) is 14.3. The summed E-state index contributed by atoms with van der Waals surface area (Å²) in [5.74, 6) is 0.110. The predicted octanol–water partition coefficient (Wildman–Crippen LogP) is 3.81. The third-order valence-electron chi connectivity index (χ3n) is 5.07. The maximum Gasteiger partial charge on any atom is 0.272 e. The van der Waals surface area contributed by atoms with Crippen molar-refractivity contribution in [3.63, 3.8) is 0 Å². The van der Waals surface area contributed by atoms with E-state index < -0.39 is 0 Å². The maximum atomic E-state index is 12.9. The van der Waals surface area contributed by atoms with Crippen molar-refractivity contribution in [2.45, 2.75) is 45.8 Å². The molecule has 1 aromatic carbocycles. The van der Waals surface area contributed by atoms with Crippen LogP contribution in [0, 0.1) is 6.92 Å². The SMILES string of the molecule is Cc1nc2c(cc1NC(=O)c1ccccc1)c(OC(C)C)c(C(=O)NC1CC1)n2C. The molecule has 2 aromatic heterocycles. The van der Waals surface area contributed by atoms with Gasteiger partial charge < -0.3 is 19.9 Å². The highest BCUT2D eigenvalue weighted by Crippen LogP contribution is 2.36. The zero-order chi connectivity index (χ0) is 21.4. The number of benzene rings is 1. The second kappa shape index (κ2) is 7.82. The van der Waals surface area contributed by atoms with Crippen LogP contribution in [0.5, 0.6) is 5.75 Å². The van der Waals surface area contributed by atoms with Crippen molar-refractivity contribution in [1.82, 2.24) is 14.9 Å². The lowest BCUT2D eigenvalue weighted by molar-refractivity contribution is 0.0936. The molecular formula is C23H26N4O3. The van der Waals surface area contributed by atoms with E-state index in [1.165, 1.54) is 0 Å². The van der Waals surface area contributed by atoms with Crippen molar-refractivity contribution in [2.24, 2.45) is 7.05 Å². The summed E-state index contributed by atoms with van der Waals surface area (Å²) in [6, 6.07) is 11.1. The fourth-order valence-electron chi connectivity index (χ4n) is 3.40. The Hall–Kier alpha value is -3.35. The summed E-state index contributed by atoms with van der Waals surface area (Å²) in [6.45, 7) is 5.67. The van der Waals surface area contributed by atoms with Gasteiger partial charge in [0.1, 0.15) is 5.65 Å². The summed E-state index contributed by atoms with van der Waals surface area (Å²) in [4.78, 5) is 30.2. The van der Waals surface area contributed by atoms with Gasteiger partial charge in [0.15, 0.2) is 11.4 Å². The minimum Gasteiger partial charge on any atom is -0.488 e.